The van der Waals surface area contributed by atoms with Crippen LogP contribution in [0, 0.1) is 5.92 Å². The van der Waals surface area contributed by atoms with Crippen LogP contribution in [-0.2, 0) is 9.53 Å². The van der Waals surface area contributed by atoms with Crippen LogP contribution < -0.4 is 4.90 Å². The Morgan fingerprint density at radius 1 is 1.52 bits per heavy atom. The number of aromatic nitrogens is 1. The minimum absolute atomic E-state index is 0.270. The number of esters is 1. The van der Waals surface area contributed by atoms with Gasteiger partial charge in [0.05, 0.1) is 6.61 Å². The molecule has 1 aromatic heterocycles. The zero-order valence-corrected chi connectivity index (χ0v) is 12.3. The third-order valence-corrected chi connectivity index (χ3v) is 3.70. The van der Waals surface area contributed by atoms with Gasteiger partial charge in [0, 0.05) is 12.7 Å². The van der Waals surface area contributed by atoms with Crippen LogP contribution in [0.2, 0.25) is 0 Å². The quantitative estimate of drug-likeness (QED) is 0.854. The molecule has 0 bridgehead atoms. The van der Waals surface area contributed by atoms with E-state index in [0.29, 0.717) is 30.3 Å². The maximum atomic E-state index is 12.0. The maximum Gasteiger partial charge on any atom is 0.341 e. The number of carboxylic acids is 1. The number of aliphatic carboxylic acids is 1. The van der Waals surface area contributed by atoms with Crippen LogP contribution in [0.5, 0.6) is 0 Å². The number of rotatable bonds is 4. The summed E-state index contributed by atoms with van der Waals surface area (Å²) in [6.45, 7) is 4.61. The maximum absolute atomic E-state index is 12.0. The Hall–Kier alpha value is -2.11. The molecule has 1 N–H and O–H groups in total. The van der Waals surface area contributed by atoms with Gasteiger partial charge in [0.1, 0.15) is 17.4 Å². The van der Waals surface area contributed by atoms with Crippen molar-refractivity contribution in [3.05, 3.63) is 23.9 Å². The minimum atomic E-state index is -0.887. The second-order valence-corrected chi connectivity index (χ2v) is 5.27. The first-order chi connectivity index (χ1) is 10.0. The van der Waals surface area contributed by atoms with Crippen molar-refractivity contribution in [2.75, 3.05) is 18.1 Å². The lowest BCUT2D eigenvalue weighted by molar-refractivity contribution is -0.139. The van der Waals surface area contributed by atoms with Crippen molar-refractivity contribution in [1.29, 1.82) is 0 Å². The smallest absolute Gasteiger partial charge is 0.341 e. The van der Waals surface area contributed by atoms with Gasteiger partial charge in [-0.1, -0.05) is 6.92 Å². The largest absolute Gasteiger partial charge is 0.480 e. The highest BCUT2D eigenvalue weighted by Gasteiger charge is 2.34. The van der Waals surface area contributed by atoms with E-state index >= 15 is 0 Å². The van der Waals surface area contributed by atoms with Crippen molar-refractivity contribution in [3.8, 4) is 0 Å². The van der Waals surface area contributed by atoms with Crippen molar-refractivity contribution < 1.29 is 19.4 Å². The molecule has 1 aromatic rings. The normalized spacial score (nSPS) is 21.9. The lowest BCUT2D eigenvalue weighted by atomic mass is 9.92. The topological polar surface area (TPSA) is 79.7 Å². The van der Waals surface area contributed by atoms with E-state index in [1.807, 2.05) is 6.92 Å². The molecule has 6 nitrogen and oxygen atoms in total. The summed E-state index contributed by atoms with van der Waals surface area (Å²) in [5, 5.41) is 9.43. The number of carbonyl (C=O) groups excluding carboxylic acids is 1. The first-order valence-corrected chi connectivity index (χ1v) is 7.16. The van der Waals surface area contributed by atoms with Crippen LogP contribution in [0.25, 0.3) is 0 Å². The summed E-state index contributed by atoms with van der Waals surface area (Å²) in [6.07, 6.45) is 2.99. The molecule has 1 aliphatic rings. The third kappa shape index (κ3) is 3.32. The predicted molar refractivity (Wildman–Crippen MR) is 77.4 cm³/mol. The summed E-state index contributed by atoms with van der Waals surface area (Å²) in [7, 11) is 0. The van der Waals surface area contributed by atoms with E-state index in [1.165, 1.54) is 0 Å². The van der Waals surface area contributed by atoms with Gasteiger partial charge in [-0.3, -0.25) is 0 Å². The number of carbonyl (C=O) groups is 2. The SMILES string of the molecule is CCOC(=O)c1cccnc1N1CCC(C)CC1C(=O)O. The molecule has 1 saturated heterocycles. The zero-order valence-electron chi connectivity index (χ0n) is 12.3. The Bertz CT molecular complexity index is 532. The fourth-order valence-corrected chi connectivity index (χ4v) is 2.62. The van der Waals surface area contributed by atoms with E-state index in [4.69, 9.17) is 4.74 Å². The Morgan fingerprint density at radius 2 is 2.29 bits per heavy atom. The first-order valence-electron chi connectivity index (χ1n) is 7.16. The van der Waals surface area contributed by atoms with Crippen molar-refractivity contribution in [3.63, 3.8) is 0 Å². The standard InChI is InChI=1S/C15H20N2O4/c1-3-21-15(20)11-5-4-7-16-13(11)17-8-6-10(2)9-12(17)14(18)19/h4-5,7,10,12H,3,6,8-9H2,1-2H3,(H,18,19). The Kier molecular flexibility index (Phi) is 4.77. The summed E-state index contributed by atoms with van der Waals surface area (Å²) in [5.74, 6) is -0.613. The molecule has 1 fully saturated rings. The van der Waals surface area contributed by atoms with E-state index in [-0.39, 0.29) is 6.61 Å². The predicted octanol–water partition coefficient (Wildman–Crippen LogP) is 1.95. The molecule has 1 aliphatic heterocycles. The third-order valence-electron chi connectivity index (χ3n) is 3.70. The number of hydrogen-bond donors (Lipinski definition) is 1. The van der Waals surface area contributed by atoms with Gasteiger partial charge in [-0.15, -0.1) is 0 Å². The van der Waals surface area contributed by atoms with Gasteiger partial charge in [-0.2, -0.15) is 0 Å². The fourth-order valence-electron chi connectivity index (χ4n) is 2.62. The van der Waals surface area contributed by atoms with Gasteiger partial charge < -0.3 is 14.7 Å². The molecule has 2 unspecified atom stereocenters. The zero-order chi connectivity index (χ0) is 15.4. The number of pyridine rings is 1. The van der Waals surface area contributed by atoms with E-state index in [0.717, 1.165) is 6.42 Å². The highest BCUT2D eigenvalue weighted by molar-refractivity contribution is 5.95. The van der Waals surface area contributed by atoms with Gasteiger partial charge in [-0.25, -0.2) is 14.6 Å². The first kappa shape index (κ1) is 15.3. The molecule has 0 spiro atoms. The minimum Gasteiger partial charge on any atom is -0.480 e. The molecule has 0 aromatic carbocycles. The molecule has 0 aliphatic carbocycles. The number of nitrogens with zero attached hydrogens (tertiary/aromatic N) is 2. The van der Waals surface area contributed by atoms with Crippen LogP contribution in [0.1, 0.15) is 37.0 Å². The van der Waals surface area contributed by atoms with Gasteiger partial charge >= 0.3 is 11.9 Å². The summed E-state index contributed by atoms with van der Waals surface area (Å²) in [4.78, 5) is 29.4. The van der Waals surface area contributed by atoms with Crippen molar-refractivity contribution >= 4 is 17.8 Å². The molecule has 0 saturated carbocycles. The molecule has 2 atom stereocenters. The number of ether oxygens (including phenoxy) is 1. The second kappa shape index (κ2) is 6.56. The van der Waals surface area contributed by atoms with E-state index in [9.17, 15) is 14.7 Å². The van der Waals surface area contributed by atoms with Gasteiger partial charge in [0.25, 0.3) is 0 Å². The highest BCUT2D eigenvalue weighted by Crippen LogP contribution is 2.29. The molecule has 2 heterocycles. The average molecular weight is 292 g/mol. The molecular formula is C15H20N2O4. The van der Waals surface area contributed by atoms with Crippen LogP contribution >= 0.6 is 0 Å². The van der Waals surface area contributed by atoms with Gasteiger partial charge in [0.15, 0.2) is 0 Å². The number of hydrogen-bond acceptors (Lipinski definition) is 5. The number of piperidine rings is 1. The van der Waals surface area contributed by atoms with Gasteiger partial charge in [0.2, 0.25) is 0 Å². The average Bonchev–Trinajstić information content (AvgIpc) is 2.47. The number of carboxylic acid groups (broad SMARTS) is 1. The van der Waals surface area contributed by atoms with E-state index < -0.39 is 18.0 Å². The molecular weight excluding hydrogens is 272 g/mol. The van der Waals surface area contributed by atoms with Crippen LogP contribution in [0.3, 0.4) is 0 Å². The molecule has 114 valence electrons. The summed E-state index contributed by atoms with van der Waals surface area (Å²) < 4.78 is 5.02. The summed E-state index contributed by atoms with van der Waals surface area (Å²) in [5.41, 5.74) is 0.320. The van der Waals surface area contributed by atoms with Crippen LogP contribution in [-0.4, -0.2) is 41.2 Å². The number of anilines is 1. The van der Waals surface area contributed by atoms with Crippen LogP contribution in [0.15, 0.2) is 18.3 Å². The lowest BCUT2D eigenvalue weighted by Crippen LogP contribution is -2.48. The van der Waals surface area contributed by atoms with Gasteiger partial charge in [-0.05, 0) is 37.8 Å². The molecule has 0 radical (unpaired) electrons. The molecule has 6 heteroatoms. The highest BCUT2D eigenvalue weighted by atomic mass is 16.5. The van der Waals surface area contributed by atoms with Crippen LogP contribution in [0.4, 0.5) is 5.82 Å². The molecule has 2 rings (SSSR count). The van der Waals surface area contributed by atoms with E-state index in [2.05, 4.69) is 4.98 Å². The van der Waals surface area contributed by atoms with Crippen molar-refractivity contribution in [1.82, 2.24) is 4.98 Å². The second-order valence-electron chi connectivity index (χ2n) is 5.27. The summed E-state index contributed by atoms with van der Waals surface area (Å²) >= 11 is 0. The molecule has 0 amide bonds. The Morgan fingerprint density at radius 3 is 2.95 bits per heavy atom. The fraction of sp³-hybridized carbons (Fsp3) is 0.533. The monoisotopic (exact) mass is 292 g/mol. The summed E-state index contributed by atoms with van der Waals surface area (Å²) in [6, 6.07) is 2.62. The van der Waals surface area contributed by atoms with Crippen molar-refractivity contribution in [2.24, 2.45) is 5.92 Å². The lowest BCUT2D eigenvalue weighted by Gasteiger charge is -2.37. The molecule has 21 heavy (non-hydrogen) atoms. The van der Waals surface area contributed by atoms with E-state index in [1.54, 1.807) is 30.2 Å². The van der Waals surface area contributed by atoms with Crippen molar-refractivity contribution in [2.45, 2.75) is 32.7 Å². The Labute approximate surface area is 123 Å². The Balaban J connectivity index is 2.35.